The van der Waals surface area contributed by atoms with Crippen LogP contribution in [0.25, 0.3) is 22.3 Å². The zero-order chi connectivity index (χ0) is 20.6. The van der Waals surface area contributed by atoms with Crippen molar-refractivity contribution < 1.29 is 38.7 Å². The zero-order valence-electron chi connectivity index (χ0n) is 15.5. The number of phenolic OH excluding ortho intramolecular Hbond substituents is 3. The Morgan fingerprint density at radius 2 is 1.43 bits per heavy atom. The lowest BCUT2D eigenvalue weighted by atomic mass is 10.1. The van der Waals surface area contributed by atoms with Gasteiger partial charge in [0.2, 0.25) is 16.9 Å². The summed E-state index contributed by atoms with van der Waals surface area (Å²) < 4.78 is 26.2. The topological polar surface area (TPSA) is 128 Å². The lowest BCUT2D eigenvalue weighted by molar-refractivity contribution is 0.345. The van der Waals surface area contributed by atoms with Gasteiger partial charge in [-0.25, -0.2) is 0 Å². The van der Waals surface area contributed by atoms with E-state index in [2.05, 4.69) is 0 Å². The number of benzene rings is 2. The van der Waals surface area contributed by atoms with Crippen molar-refractivity contribution in [2.24, 2.45) is 0 Å². The molecule has 9 nitrogen and oxygen atoms in total. The second-order valence-corrected chi connectivity index (χ2v) is 5.67. The highest BCUT2D eigenvalue weighted by atomic mass is 16.5. The number of methoxy groups -OCH3 is 4. The Bertz CT molecular complexity index is 1120. The summed E-state index contributed by atoms with van der Waals surface area (Å²) in [5, 5.41) is 30.3. The van der Waals surface area contributed by atoms with E-state index in [1.807, 2.05) is 0 Å². The Balaban J connectivity index is 2.44. The van der Waals surface area contributed by atoms with Crippen molar-refractivity contribution >= 4 is 11.0 Å². The predicted octanol–water partition coefficient (Wildman–Crippen LogP) is 2.61. The summed E-state index contributed by atoms with van der Waals surface area (Å²) in [6, 6.07) is 3.83. The summed E-state index contributed by atoms with van der Waals surface area (Å²) in [6.45, 7) is 0. The Morgan fingerprint density at radius 3 is 2.00 bits per heavy atom. The van der Waals surface area contributed by atoms with Gasteiger partial charge in [-0.05, 0) is 6.07 Å². The van der Waals surface area contributed by atoms with Gasteiger partial charge < -0.3 is 38.7 Å². The van der Waals surface area contributed by atoms with Gasteiger partial charge in [-0.3, -0.25) is 4.79 Å². The van der Waals surface area contributed by atoms with Gasteiger partial charge in [0, 0.05) is 12.1 Å². The molecule has 0 aliphatic carbocycles. The summed E-state index contributed by atoms with van der Waals surface area (Å²) in [4.78, 5) is 13.0. The smallest absolute Gasteiger partial charge is 0.239 e. The highest BCUT2D eigenvalue weighted by Gasteiger charge is 2.26. The summed E-state index contributed by atoms with van der Waals surface area (Å²) in [5.41, 5.74) is -0.618. The van der Waals surface area contributed by atoms with Crippen LogP contribution in [0.5, 0.6) is 40.2 Å². The maximum absolute atomic E-state index is 13.0. The molecule has 0 atom stereocenters. The first kappa shape index (κ1) is 19.0. The molecule has 0 aliphatic rings. The maximum Gasteiger partial charge on any atom is 0.239 e. The zero-order valence-corrected chi connectivity index (χ0v) is 15.5. The molecule has 0 fully saturated rings. The molecule has 0 bridgehead atoms. The summed E-state index contributed by atoms with van der Waals surface area (Å²) in [5.74, 6) is -1.41. The number of fused-ring (bicyclic) bond motifs is 1. The lowest BCUT2D eigenvalue weighted by Gasteiger charge is -2.15. The standard InChI is InChI=1S/C19H18O9/c1-24-11-7-12(25-2)9(20)5-8(11)17-19(27-4)16(23)14-13(28-17)6-10(21)18(26-3)15(14)22/h5-7,20-22H,1-4H3. The minimum atomic E-state index is -0.702. The highest BCUT2D eigenvalue weighted by molar-refractivity contribution is 5.91. The highest BCUT2D eigenvalue weighted by Crippen LogP contribution is 2.46. The van der Waals surface area contributed by atoms with E-state index in [9.17, 15) is 20.1 Å². The fourth-order valence-electron chi connectivity index (χ4n) is 2.91. The van der Waals surface area contributed by atoms with Crippen LogP contribution in [0, 0.1) is 0 Å². The molecule has 0 amide bonds. The quantitative estimate of drug-likeness (QED) is 0.602. The van der Waals surface area contributed by atoms with Crippen LogP contribution in [0.1, 0.15) is 0 Å². The molecule has 3 rings (SSSR count). The minimum absolute atomic E-state index is 0.0706. The van der Waals surface area contributed by atoms with Crippen molar-refractivity contribution in [3.8, 4) is 51.6 Å². The van der Waals surface area contributed by atoms with Crippen molar-refractivity contribution in [2.75, 3.05) is 28.4 Å². The van der Waals surface area contributed by atoms with E-state index in [4.69, 9.17) is 23.4 Å². The molecule has 3 aromatic rings. The molecule has 1 aromatic heterocycles. The first-order valence-corrected chi connectivity index (χ1v) is 7.96. The average molecular weight is 390 g/mol. The third-order valence-corrected chi connectivity index (χ3v) is 4.20. The van der Waals surface area contributed by atoms with Gasteiger partial charge in [-0.2, -0.15) is 0 Å². The molecular weight excluding hydrogens is 372 g/mol. The Hall–Kier alpha value is -3.75. The summed E-state index contributed by atoms with van der Waals surface area (Å²) >= 11 is 0. The molecule has 0 aliphatic heterocycles. The average Bonchev–Trinajstić information content (AvgIpc) is 2.67. The third-order valence-electron chi connectivity index (χ3n) is 4.20. The number of aromatic hydroxyl groups is 3. The number of phenols is 3. The van der Waals surface area contributed by atoms with Gasteiger partial charge in [-0.15, -0.1) is 0 Å². The second kappa shape index (κ2) is 7.10. The molecule has 9 heteroatoms. The molecule has 1 heterocycles. The van der Waals surface area contributed by atoms with E-state index >= 15 is 0 Å². The number of hydrogen-bond acceptors (Lipinski definition) is 9. The van der Waals surface area contributed by atoms with Crippen LogP contribution in [-0.2, 0) is 0 Å². The molecule has 148 valence electrons. The van der Waals surface area contributed by atoms with Crippen molar-refractivity contribution in [1.82, 2.24) is 0 Å². The monoisotopic (exact) mass is 390 g/mol. The summed E-state index contributed by atoms with van der Waals surface area (Å²) in [6.07, 6.45) is 0. The Morgan fingerprint density at radius 1 is 0.786 bits per heavy atom. The first-order chi connectivity index (χ1) is 13.4. The van der Waals surface area contributed by atoms with E-state index in [1.165, 1.54) is 40.6 Å². The van der Waals surface area contributed by atoms with Crippen LogP contribution in [-0.4, -0.2) is 43.8 Å². The molecule has 0 unspecified atom stereocenters. The first-order valence-electron chi connectivity index (χ1n) is 7.96. The normalized spacial score (nSPS) is 10.7. The van der Waals surface area contributed by atoms with E-state index in [-0.39, 0.29) is 51.0 Å². The van der Waals surface area contributed by atoms with Crippen molar-refractivity contribution in [2.45, 2.75) is 0 Å². The van der Waals surface area contributed by atoms with Crippen molar-refractivity contribution in [3.63, 3.8) is 0 Å². The number of hydrogen-bond donors (Lipinski definition) is 3. The fraction of sp³-hybridized carbons (Fsp3) is 0.211. The molecule has 0 spiro atoms. The van der Waals surface area contributed by atoms with Gasteiger partial charge in [0.1, 0.15) is 16.7 Å². The Labute approximate surface area is 158 Å². The molecule has 3 N–H and O–H groups in total. The SMILES string of the molecule is COc1cc(OC)c(-c2oc3cc(O)c(OC)c(O)c3c(=O)c2OC)cc1O. The Kier molecular flexibility index (Phi) is 4.83. The van der Waals surface area contributed by atoms with E-state index < -0.39 is 16.9 Å². The fourth-order valence-corrected chi connectivity index (χ4v) is 2.91. The van der Waals surface area contributed by atoms with Gasteiger partial charge in [0.05, 0.1) is 34.0 Å². The van der Waals surface area contributed by atoms with Crippen molar-refractivity contribution in [1.29, 1.82) is 0 Å². The number of rotatable bonds is 5. The molecule has 0 saturated carbocycles. The molecule has 0 radical (unpaired) electrons. The van der Waals surface area contributed by atoms with Crippen LogP contribution in [0.3, 0.4) is 0 Å². The molecular formula is C19H18O9. The van der Waals surface area contributed by atoms with Crippen LogP contribution in [0.4, 0.5) is 0 Å². The van der Waals surface area contributed by atoms with Gasteiger partial charge in [-0.1, -0.05) is 0 Å². The second-order valence-electron chi connectivity index (χ2n) is 5.67. The molecule has 0 saturated heterocycles. The number of ether oxygens (including phenoxy) is 4. The van der Waals surface area contributed by atoms with Crippen molar-refractivity contribution in [3.05, 3.63) is 28.4 Å². The van der Waals surface area contributed by atoms with Crippen LogP contribution >= 0.6 is 0 Å². The van der Waals surface area contributed by atoms with E-state index in [0.29, 0.717) is 0 Å². The van der Waals surface area contributed by atoms with Crippen LogP contribution in [0.15, 0.2) is 27.4 Å². The lowest BCUT2D eigenvalue weighted by Crippen LogP contribution is -2.08. The summed E-state index contributed by atoms with van der Waals surface area (Å²) in [7, 11) is 5.26. The van der Waals surface area contributed by atoms with Gasteiger partial charge in [0.25, 0.3) is 0 Å². The molecule has 2 aromatic carbocycles. The van der Waals surface area contributed by atoms with Gasteiger partial charge in [0.15, 0.2) is 28.8 Å². The van der Waals surface area contributed by atoms with Gasteiger partial charge >= 0.3 is 0 Å². The third kappa shape index (κ3) is 2.77. The van der Waals surface area contributed by atoms with E-state index in [0.717, 1.165) is 6.07 Å². The maximum atomic E-state index is 13.0. The predicted molar refractivity (Wildman–Crippen MR) is 99.1 cm³/mol. The van der Waals surface area contributed by atoms with Crippen LogP contribution in [0.2, 0.25) is 0 Å². The largest absolute Gasteiger partial charge is 0.504 e. The molecule has 28 heavy (non-hydrogen) atoms. The van der Waals surface area contributed by atoms with Crippen LogP contribution < -0.4 is 24.4 Å². The minimum Gasteiger partial charge on any atom is -0.504 e. The van der Waals surface area contributed by atoms with E-state index in [1.54, 1.807) is 0 Å².